The number of fused-ring (bicyclic) bond motifs is 1. The first-order chi connectivity index (χ1) is 17.2. The highest BCUT2D eigenvalue weighted by Crippen LogP contribution is 2.30. The minimum Gasteiger partial charge on any atom is -0.442 e. The Morgan fingerprint density at radius 2 is 1.89 bits per heavy atom. The van der Waals surface area contributed by atoms with Crippen molar-refractivity contribution in [3.8, 4) is 0 Å². The summed E-state index contributed by atoms with van der Waals surface area (Å²) in [5, 5.41) is 5.19. The van der Waals surface area contributed by atoms with E-state index in [1.165, 1.54) is 16.0 Å². The molecule has 1 saturated heterocycles. The van der Waals surface area contributed by atoms with Crippen LogP contribution in [0.4, 0.5) is 4.79 Å². The molecular weight excluding hydrogens is 458 g/mol. The average Bonchev–Trinajstić information content (AvgIpc) is 3.15. The Bertz CT molecular complexity index is 1210. The van der Waals surface area contributed by atoms with Crippen molar-refractivity contribution in [1.82, 2.24) is 15.5 Å². The third-order valence-corrected chi connectivity index (χ3v) is 7.03. The molecule has 3 atom stereocenters. The van der Waals surface area contributed by atoms with Crippen molar-refractivity contribution in [2.75, 3.05) is 0 Å². The van der Waals surface area contributed by atoms with Gasteiger partial charge in [-0.1, -0.05) is 43.7 Å². The molecule has 190 valence electrons. The molecule has 2 heterocycles. The van der Waals surface area contributed by atoms with Gasteiger partial charge in [-0.25, -0.2) is 4.79 Å². The van der Waals surface area contributed by atoms with E-state index in [9.17, 15) is 19.2 Å². The topological polar surface area (TPSA) is 105 Å². The van der Waals surface area contributed by atoms with Gasteiger partial charge in [0.05, 0.1) is 6.04 Å². The molecular formula is C28H33N3O5. The zero-order valence-electron chi connectivity index (χ0n) is 21.2. The van der Waals surface area contributed by atoms with Gasteiger partial charge in [0.1, 0.15) is 12.1 Å². The number of aryl methyl sites for hydroxylation is 2. The van der Waals surface area contributed by atoms with Crippen LogP contribution in [0.2, 0.25) is 0 Å². The van der Waals surface area contributed by atoms with Gasteiger partial charge in [0.15, 0.2) is 0 Å². The number of carbonyl (C=O) groups excluding carboxylic acids is 4. The largest absolute Gasteiger partial charge is 0.442 e. The van der Waals surface area contributed by atoms with Crippen molar-refractivity contribution < 1.29 is 23.9 Å². The Morgan fingerprint density at radius 3 is 2.58 bits per heavy atom. The fourth-order valence-electron chi connectivity index (χ4n) is 4.89. The van der Waals surface area contributed by atoms with E-state index in [0.717, 1.165) is 24.0 Å². The molecule has 2 N–H and O–H groups in total. The molecule has 0 spiro atoms. The molecule has 1 fully saturated rings. The van der Waals surface area contributed by atoms with E-state index in [1.54, 1.807) is 13.0 Å². The smallest absolute Gasteiger partial charge is 0.408 e. The van der Waals surface area contributed by atoms with Crippen LogP contribution in [-0.2, 0) is 27.3 Å². The van der Waals surface area contributed by atoms with Gasteiger partial charge in [-0.3, -0.25) is 19.7 Å². The van der Waals surface area contributed by atoms with Crippen LogP contribution >= 0.6 is 0 Å². The van der Waals surface area contributed by atoms with Crippen LogP contribution in [0.1, 0.15) is 90.4 Å². The van der Waals surface area contributed by atoms with Gasteiger partial charge >= 0.3 is 6.09 Å². The van der Waals surface area contributed by atoms with Crippen molar-refractivity contribution >= 4 is 23.8 Å². The summed E-state index contributed by atoms with van der Waals surface area (Å²) in [6, 6.07) is 10.7. The number of imide groups is 1. The SMILES string of the molecule is CCCc1ccc(C(C)NC(=O)OC(C)c2ccc3c(c2)C(=O)N(C2CCC(=O)NC2=O)C3)cc1C. The number of alkyl carbamates (subject to hydrolysis) is 1. The maximum absolute atomic E-state index is 13.1. The minimum absolute atomic E-state index is 0.211. The molecule has 8 nitrogen and oxygen atoms in total. The van der Waals surface area contributed by atoms with Gasteiger partial charge in [0.2, 0.25) is 11.8 Å². The van der Waals surface area contributed by atoms with Gasteiger partial charge in [0, 0.05) is 18.5 Å². The number of amides is 4. The number of ether oxygens (including phenoxy) is 1. The molecule has 0 aliphatic carbocycles. The van der Waals surface area contributed by atoms with Crippen LogP contribution < -0.4 is 10.6 Å². The highest BCUT2D eigenvalue weighted by molar-refractivity contribution is 6.05. The number of hydrogen-bond donors (Lipinski definition) is 2. The van der Waals surface area contributed by atoms with Crippen molar-refractivity contribution in [2.24, 2.45) is 0 Å². The van der Waals surface area contributed by atoms with Crippen LogP contribution in [0, 0.1) is 6.92 Å². The summed E-state index contributed by atoms with van der Waals surface area (Å²) in [6.45, 7) is 8.22. The molecule has 2 aliphatic rings. The standard InChI is InChI=1S/C28H33N3O5/c1-5-6-19-7-8-20(13-16(19)2)17(3)29-28(35)36-18(4)21-9-10-22-15-31(27(34)23(22)14-21)24-11-12-25(32)30-26(24)33/h7-10,13-14,17-18,24H,5-6,11-12,15H2,1-4H3,(H,29,35)(H,30,32,33). The highest BCUT2D eigenvalue weighted by Gasteiger charge is 2.39. The zero-order chi connectivity index (χ0) is 26.0. The zero-order valence-corrected chi connectivity index (χ0v) is 21.2. The lowest BCUT2D eigenvalue weighted by atomic mass is 9.99. The third-order valence-electron chi connectivity index (χ3n) is 7.03. The minimum atomic E-state index is -0.660. The summed E-state index contributed by atoms with van der Waals surface area (Å²) in [5.74, 6) is -1.01. The summed E-state index contributed by atoms with van der Waals surface area (Å²) >= 11 is 0. The maximum Gasteiger partial charge on any atom is 0.408 e. The predicted molar refractivity (Wildman–Crippen MR) is 134 cm³/mol. The second-order valence-corrected chi connectivity index (χ2v) is 9.67. The molecule has 4 rings (SSSR count). The molecule has 2 aliphatic heterocycles. The first-order valence-electron chi connectivity index (χ1n) is 12.5. The lowest BCUT2D eigenvalue weighted by Crippen LogP contribution is -2.52. The van der Waals surface area contributed by atoms with Crippen LogP contribution in [0.5, 0.6) is 0 Å². The average molecular weight is 492 g/mol. The molecule has 2 aromatic rings. The van der Waals surface area contributed by atoms with E-state index in [2.05, 4.69) is 36.6 Å². The van der Waals surface area contributed by atoms with Crippen molar-refractivity contribution in [3.63, 3.8) is 0 Å². The summed E-state index contributed by atoms with van der Waals surface area (Å²) in [6.07, 6.45) is 1.53. The van der Waals surface area contributed by atoms with E-state index in [-0.39, 0.29) is 24.3 Å². The fourth-order valence-corrected chi connectivity index (χ4v) is 4.89. The Hall–Kier alpha value is -3.68. The number of piperidine rings is 1. The van der Waals surface area contributed by atoms with E-state index < -0.39 is 24.1 Å². The normalized spacial score (nSPS) is 18.9. The molecule has 36 heavy (non-hydrogen) atoms. The Labute approximate surface area is 211 Å². The summed E-state index contributed by atoms with van der Waals surface area (Å²) in [5.41, 5.74) is 5.51. The van der Waals surface area contributed by atoms with Crippen LogP contribution in [0.25, 0.3) is 0 Å². The van der Waals surface area contributed by atoms with Gasteiger partial charge in [-0.05, 0) is 67.5 Å². The van der Waals surface area contributed by atoms with Gasteiger partial charge < -0.3 is 15.0 Å². The van der Waals surface area contributed by atoms with Crippen molar-refractivity contribution in [2.45, 2.75) is 78.1 Å². The Morgan fingerprint density at radius 1 is 1.14 bits per heavy atom. The first kappa shape index (κ1) is 25.4. The van der Waals surface area contributed by atoms with Crippen LogP contribution in [0.15, 0.2) is 36.4 Å². The van der Waals surface area contributed by atoms with Gasteiger partial charge in [-0.15, -0.1) is 0 Å². The van der Waals surface area contributed by atoms with Crippen LogP contribution in [-0.4, -0.2) is 34.8 Å². The first-order valence-corrected chi connectivity index (χ1v) is 12.5. The second-order valence-electron chi connectivity index (χ2n) is 9.67. The van der Waals surface area contributed by atoms with E-state index in [4.69, 9.17) is 4.74 Å². The lowest BCUT2D eigenvalue weighted by Gasteiger charge is -2.29. The Kier molecular flexibility index (Phi) is 7.43. The Balaban J connectivity index is 1.38. The number of nitrogens with zero attached hydrogens (tertiary/aromatic N) is 1. The summed E-state index contributed by atoms with van der Waals surface area (Å²) < 4.78 is 5.61. The van der Waals surface area contributed by atoms with Gasteiger partial charge in [-0.2, -0.15) is 0 Å². The van der Waals surface area contributed by atoms with Crippen molar-refractivity contribution in [1.29, 1.82) is 0 Å². The second kappa shape index (κ2) is 10.5. The summed E-state index contributed by atoms with van der Waals surface area (Å²) in [7, 11) is 0. The predicted octanol–water partition coefficient (Wildman–Crippen LogP) is 4.26. The molecule has 0 radical (unpaired) electrons. The molecule has 8 heteroatoms. The number of hydrogen-bond acceptors (Lipinski definition) is 5. The van der Waals surface area contributed by atoms with Crippen molar-refractivity contribution in [3.05, 3.63) is 69.8 Å². The molecule has 4 amide bonds. The molecule has 0 aromatic heterocycles. The van der Waals surface area contributed by atoms with E-state index in [1.807, 2.05) is 25.1 Å². The highest BCUT2D eigenvalue weighted by atomic mass is 16.6. The molecule has 0 bridgehead atoms. The number of nitrogens with one attached hydrogen (secondary N) is 2. The van der Waals surface area contributed by atoms with E-state index in [0.29, 0.717) is 24.1 Å². The molecule has 0 saturated carbocycles. The number of rotatable bonds is 7. The molecule has 3 unspecified atom stereocenters. The van der Waals surface area contributed by atoms with Crippen LogP contribution in [0.3, 0.4) is 0 Å². The third kappa shape index (κ3) is 5.27. The monoisotopic (exact) mass is 491 g/mol. The fraction of sp³-hybridized carbons (Fsp3) is 0.429. The molecule has 2 aromatic carbocycles. The maximum atomic E-state index is 13.1. The number of benzene rings is 2. The van der Waals surface area contributed by atoms with E-state index >= 15 is 0 Å². The lowest BCUT2D eigenvalue weighted by molar-refractivity contribution is -0.136. The number of carbonyl (C=O) groups is 4. The quantitative estimate of drug-likeness (QED) is 0.563. The van der Waals surface area contributed by atoms with Gasteiger partial charge in [0.25, 0.3) is 5.91 Å². The summed E-state index contributed by atoms with van der Waals surface area (Å²) in [4.78, 5) is 50.9.